The Hall–Kier alpha value is -2.13. The summed E-state index contributed by atoms with van der Waals surface area (Å²) in [7, 11) is 0. The van der Waals surface area contributed by atoms with Gasteiger partial charge in [-0.15, -0.1) is 24.0 Å². The molecular formula is C21H29IN4O2. The van der Waals surface area contributed by atoms with E-state index in [-0.39, 0.29) is 36.4 Å². The zero-order valence-electron chi connectivity index (χ0n) is 16.3. The van der Waals surface area contributed by atoms with Crippen LogP contribution in [-0.2, 0) is 5.60 Å². The number of aliphatic hydroxyl groups is 1. The van der Waals surface area contributed by atoms with Crippen molar-refractivity contribution < 1.29 is 9.90 Å². The summed E-state index contributed by atoms with van der Waals surface area (Å²) in [6, 6.07) is 18.6. The summed E-state index contributed by atoms with van der Waals surface area (Å²) >= 11 is 0. The van der Waals surface area contributed by atoms with Crippen LogP contribution >= 0.6 is 24.0 Å². The summed E-state index contributed by atoms with van der Waals surface area (Å²) < 4.78 is 0. The highest BCUT2D eigenvalue weighted by atomic mass is 127. The van der Waals surface area contributed by atoms with Gasteiger partial charge in [0.05, 0.1) is 6.54 Å². The van der Waals surface area contributed by atoms with Gasteiger partial charge in [-0.3, -0.25) is 4.79 Å². The van der Waals surface area contributed by atoms with Crippen LogP contribution in [0.3, 0.4) is 0 Å². The van der Waals surface area contributed by atoms with Crippen LogP contribution in [-0.4, -0.2) is 43.2 Å². The quantitative estimate of drug-likeness (QED) is 0.196. The highest BCUT2D eigenvalue weighted by Crippen LogP contribution is 2.20. The Morgan fingerprint density at radius 3 is 2.14 bits per heavy atom. The lowest BCUT2D eigenvalue weighted by atomic mass is 9.96. The second kappa shape index (κ2) is 12.4. The molecule has 2 aromatic rings. The summed E-state index contributed by atoms with van der Waals surface area (Å²) in [4.78, 5) is 16.5. The van der Waals surface area contributed by atoms with E-state index in [1.807, 2.05) is 55.5 Å². The van der Waals surface area contributed by atoms with Gasteiger partial charge in [0, 0.05) is 25.2 Å². The van der Waals surface area contributed by atoms with E-state index in [1.165, 1.54) is 0 Å². The minimum Gasteiger partial charge on any atom is -0.384 e. The van der Waals surface area contributed by atoms with Crippen molar-refractivity contribution in [1.29, 1.82) is 0 Å². The molecule has 0 saturated carbocycles. The monoisotopic (exact) mass is 496 g/mol. The molecule has 0 aromatic heterocycles. The van der Waals surface area contributed by atoms with Gasteiger partial charge in [-0.1, -0.05) is 48.5 Å². The fourth-order valence-electron chi connectivity index (χ4n) is 2.51. The van der Waals surface area contributed by atoms with Crippen LogP contribution in [0.4, 0.5) is 0 Å². The van der Waals surface area contributed by atoms with E-state index in [0.29, 0.717) is 31.2 Å². The molecule has 4 N–H and O–H groups in total. The van der Waals surface area contributed by atoms with Crippen molar-refractivity contribution in [3.8, 4) is 0 Å². The number of guanidine groups is 1. The molecule has 6 nitrogen and oxygen atoms in total. The lowest BCUT2D eigenvalue weighted by molar-refractivity contribution is 0.0672. The number of carbonyl (C=O) groups excluding carboxylic acids is 1. The van der Waals surface area contributed by atoms with Crippen molar-refractivity contribution in [2.45, 2.75) is 19.4 Å². The Kier molecular flexibility index (Phi) is 10.5. The predicted octanol–water partition coefficient (Wildman–Crippen LogP) is 2.50. The van der Waals surface area contributed by atoms with Crippen LogP contribution < -0.4 is 16.0 Å². The number of hydrogen-bond donors (Lipinski definition) is 4. The summed E-state index contributed by atoms with van der Waals surface area (Å²) in [5.41, 5.74) is 0.405. The molecule has 28 heavy (non-hydrogen) atoms. The van der Waals surface area contributed by atoms with Crippen molar-refractivity contribution in [2.75, 3.05) is 26.2 Å². The predicted molar refractivity (Wildman–Crippen MR) is 124 cm³/mol. The molecule has 152 valence electrons. The van der Waals surface area contributed by atoms with Crippen molar-refractivity contribution in [3.05, 3.63) is 71.8 Å². The van der Waals surface area contributed by atoms with E-state index in [2.05, 4.69) is 20.9 Å². The number of nitrogens with one attached hydrogen (secondary N) is 3. The molecule has 0 radical (unpaired) electrons. The fraction of sp³-hybridized carbons (Fsp3) is 0.333. The molecule has 1 atom stereocenters. The molecule has 2 rings (SSSR count). The Bertz CT molecular complexity index is 737. The van der Waals surface area contributed by atoms with Crippen LogP contribution in [0.2, 0.25) is 0 Å². The second-order valence-electron chi connectivity index (χ2n) is 6.38. The molecule has 1 amide bonds. The third-order valence-corrected chi connectivity index (χ3v) is 4.02. The maximum atomic E-state index is 12.0. The maximum Gasteiger partial charge on any atom is 0.251 e. The Morgan fingerprint density at radius 1 is 0.964 bits per heavy atom. The smallest absolute Gasteiger partial charge is 0.251 e. The molecule has 7 heteroatoms. The first-order chi connectivity index (χ1) is 13.0. The van der Waals surface area contributed by atoms with Gasteiger partial charge in [0.2, 0.25) is 0 Å². The molecule has 0 saturated heterocycles. The molecule has 0 bridgehead atoms. The maximum absolute atomic E-state index is 12.0. The first kappa shape index (κ1) is 23.9. The number of amides is 1. The number of nitrogens with zero attached hydrogens (tertiary/aromatic N) is 1. The van der Waals surface area contributed by atoms with Gasteiger partial charge < -0.3 is 21.1 Å². The molecular weight excluding hydrogens is 467 g/mol. The molecule has 0 spiro atoms. The van der Waals surface area contributed by atoms with Gasteiger partial charge in [-0.25, -0.2) is 4.99 Å². The summed E-state index contributed by atoms with van der Waals surface area (Å²) in [5.74, 6) is 0.494. The van der Waals surface area contributed by atoms with Crippen LogP contribution in [0.25, 0.3) is 0 Å². The summed E-state index contributed by atoms with van der Waals surface area (Å²) in [5, 5.41) is 19.8. The van der Waals surface area contributed by atoms with E-state index in [9.17, 15) is 9.90 Å². The minimum absolute atomic E-state index is 0. The molecule has 1 unspecified atom stereocenters. The van der Waals surface area contributed by atoms with E-state index in [4.69, 9.17) is 0 Å². The first-order valence-electron chi connectivity index (χ1n) is 9.16. The normalized spacial score (nSPS) is 13.0. The molecule has 0 fully saturated rings. The standard InChI is InChI=1S/C21H28N4O2.HI/c1-3-22-20(25-16-21(2,27)18-12-8-5-9-13-18)24-15-14-23-19(26)17-10-6-4-7-11-17;/h4-13,27H,3,14-16H2,1-2H3,(H,23,26)(H2,22,24,25);1H. The SMILES string of the molecule is CCNC(=NCC(C)(O)c1ccccc1)NCCNC(=O)c1ccccc1.I. The van der Waals surface area contributed by atoms with E-state index >= 15 is 0 Å². The van der Waals surface area contributed by atoms with Gasteiger partial charge in [0.1, 0.15) is 5.60 Å². The molecule has 2 aromatic carbocycles. The minimum atomic E-state index is -1.05. The topological polar surface area (TPSA) is 85.8 Å². The van der Waals surface area contributed by atoms with Gasteiger partial charge in [0.15, 0.2) is 5.96 Å². The van der Waals surface area contributed by atoms with Crippen molar-refractivity contribution >= 4 is 35.8 Å². The van der Waals surface area contributed by atoms with Crippen LogP contribution in [0.5, 0.6) is 0 Å². The molecule has 0 aliphatic carbocycles. The summed E-state index contributed by atoms with van der Waals surface area (Å²) in [6.45, 7) is 5.64. The molecule has 0 heterocycles. The zero-order chi connectivity index (χ0) is 19.5. The Balaban J connectivity index is 0.00000392. The zero-order valence-corrected chi connectivity index (χ0v) is 18.6. The number of benzene rings is 2. The lowest BCUT2D eigenvalue weighted by Crippen LogP contribution is -2.42. The third kappa shape index (κ3) is 7.85. The van der Waals surface area contributed by atoms with Crippen molar-refractivity contribution in [1.82, 2.24) is 16.0 Å². The largest absolute Gasteiger partial charge is 0.384 e. The van der Waals surface area contributed by atoms with E-state index in [0.717, 1.165) is 5.56 Å². The first-order valence-corrected chi connectivity index (χ1v) is 9.16. The average Bonchev–Trinajstić information content (AvgIpc) is 2.70. The van der Waals surface area contributed by atoms with E-state index < -0.39 is 5.60 Å². The van der Waals surface area contributed by atoms with Crippen LogP contribution in [0.1, 0.15) is 29.8 Å². The van der Waals surface area contributed by atoms with Crippen LogP contribution in [0.15, 0.2) is 65.7 Å². The lowest BCUT2D eigenvalue weighted by Gasteiger charge is -2.22. The van der Waals surface area contributed by atoms with Crippen molar-refractivity contribution in [2.24, 2.45) is 4.99 Å². The van der Waals surface area contributed by atoms with Gasteiger partial charge in [-0.2, -0.15) is 0 Å². The highest BCUT2D eigenvalue weighted by molar-refractivity contribution is 14.0. The number of aliphatic imine (C=N–C) groups is 1. The number of carbonyl (C=O) groups is 1. The number of hydrogen-bond acceptors (Lipinski definition) is 3. The van der Waals surface area contributed by atoms with Gasteiger partial charge >= 0.3 is 0 Å². The van der Waals surface area contributed by atoms with Gasteiger partial charge in [-0.05, 0) is 31.5 Å². The second-order valence-corrected chi connectivity index (χ2v) is 6.38. The average molecular weight is 496 g/mol. The molecule has 0 aliphatic heterocycles. The highest BCUT2D eigenvalue weighted by Gasteiger charge is 2.22. The van der Waals surface area contributed by atoms with Gasteiger partial charge in [0.25, 0.3) is 5.91 Å². The third-order valence-electron chi connectivity index (χ3n) is 4.02. The van der Waals surface area contributed by atoms with Crippen molar-refractivity contribution in [3.63, 3.8) is 0 Å². The van der Waals surface area contributed by atoms with Crippen LogP contribution in [0, 0.1) is 0 Å². The summed E-state index contributed by atoms with van der Waals surface area (Å²) in [6.07, 6.45) is 0. The number of rotatable bonds is 8. The number of halogens is 1. The fourth-order valence-corrected chi connectivity index (χ4v) is 2.51. The Labute approximate surface area is 183 Å². The molecule has 0 aliphatic rings. The Morgan fingerprint density at radius 2 is 1.54 bits per heavy atom. The van der Waals surface area contributed by atoms with E-state index in [1.54, 1.807) is 19.1 Å².